The quantitative estimate of drug-likeness (QED) is 0.656. The predicted molar refractivity (Wildman–Crippen MR) is 94.2 cm³/mol. The van der Waals surface area contributed by atoms with Gasteiger partial charge in [0.25, 0.3) is 0 Å². The molecular weight excluding hydrogens is 405 g/mol. The number of nitrogens with one attached hydrogen (secondary N) is 1. The summed E-state index contributed by atoms with van der Waals surface area (Å²) >= 11 is 6.87. The van der Waals surface area contributed by atoms with Gasteiger partial charge in [0.2, 0.25) is 5.91 Å². The molecule has 1 amide bonds. The molecule has 0 spiro atoms. The van der Waals surface area contributed by atoms with Crippen molar-refractivity contribution in [2.75, 3.05) is 11.9 Å². The lowest BCUT2D eigenvalue weighted by atomic mass is 10.1. The first-order valence-electron chi connectivity index (χ1n) is 7.50. The number of ketones is 1. The Morgan fingerprint density at radius 2 is 1.96 bits per heavy atom. The Labute approximate surface area is 161 Å². The van der Waals surface area contributed by atoms with Crippen LogP contribution in [0, 0.1) is 11.3 Å². The van der Waals surface area contributed by atoms with E-state index in [0.29, 0.717) is 9.21 Å². The number of thiophene rings is 1. The summed E-state index contributed by atoms with van der Waals surface area (Å²) in [6.45, 7) is -1.53. The van der Waals surface area contributed by atoms with Crippen LogP contribution in [0.4, 0.5) is 18.9 Å². The number of alkyl halides is 3. The molecule has 1 aromatic heterocycles. The third-order valence-corrected chi connectivity index (χ3v) is 4.47. The fourth-order valence-corrected chi connectivity index (χ4v) is 3.03. The van der Waals surface area contributed by atoms with Crippen LogP contribution in [0.15, 0.2) is 30.3 Å². The first kappa shape index (κ1) is 20.7. The number of halogens is 4. The van der Waals surface area contributed by atoms with E-state index >= 15 is 0 Å². The second kappa shape index (κ2) is 8.88. The zero-order valence-electron chi connectivity index (χ0n) is 13.6. The van der Waals surface area contributed by atoms with Crippen LogP contribution in [0.1, 0.15) is 28.1 Å². The number of amides is 1. The van der Waals surface area contributed by atoms with Gasteiger partial charge in [0.15, 0.2) is 12.4 Å². The summed E-state index contributed by atoms with van der Waals surface area (Å²) in [6, 6.07) is 8.55. The number of anilines is 1. The van der Waals surface area contributed by atoms with E-state index in [-0.39, 0.29) is 35.6 Å². The topological polar surface area (TPSA) is 79.2 Å². The molecular formula is C17H12ClF3N2O3S. The monoisotopic (exact) mass is 416 g/mol. The minimum Gasteiger partial charge on any atom is -0.483 e. The molecule has 0 saturated carbocycles. The zero-order valence-corrected chi connectivity index (χ0v) is 15.2. The zero-order chi connectivity index (χ0) is 20.0. The normalized spacial score (nSPS) is 10.9. The van der Waals surface area contributed by atoms with Gasteiger partial charge in [-0.15, -0.1) is 11.3 Å². The Balaban J connectivity index is 1.93. The maximum atomic E-state index is 12.2. The minimum absolute atomic E-state index is 0.0272. The van der Waals surface area contributed by atoms with E-state index in [1.807, 2.05) is 0 Å². The van der Waals surface area contributed by atoms with Gasteiger partial charge in [-0.25, -0.2) is 0 Å². The van der Waals surface area contributed by atoms with E-state index < -0.39 is 18.7 Å². The van der Waals surface area contributed by atoms with E-state index in [9.17, 15) is 22.8 Å². The van der Waals surface area contributed by atoms with Gasteiger partial charge in [0.1, 0.15) is 11.8 Å². The highest BCUT2D eigenvalue weighted by Crippen LogP contribution is 2.25. The molecule has 2 aromatic rings. The summed E-state index contributed by atoms with van der Waals surface area (Å²) < 4.78 is 41.6. The van der Waals surface area contributed by atoms with Crippen LogP contribution in [-0.2, 0) is 4.79 Å². The standard InChI is InChI=1S/C17H12ClF3N2O3S/c18-15-5-4-14(27-15)12(24)2-6-16(25)23-11-1-3-13(10(7-11)8-22)26-9-17(19,20)21/h1,3-5,7H,2,6,9H2,(H,23,25). The molecule has 142 valence electrons. The second-order valence-electron chi connectivity index (χ2n) is 5.30. The van der Waals surface area contributed by atoms with Crippen LogP contribution in [-0.4, -0.2) is 24.5 Å². The summed E-state index contributed by atoms with van der Waals surface area (Å²) in [5, 5.41) is 11.5. The molecule has 1 heterocycles. The molecule has 0 aliphatic heterocycles. The molecule has 0 bridgehead atoms. The van der Waals surface area contributed by atoms with Crippen LogP contribution >= 0.6 is 22.9 Å². The first-order chi connectivity index (χ1) is 12.7. The van der Waals surface area contributed by atoms with Gasteiger partial charge in [-0.3, -0.25) is 9.59 Å². The molecule has 0 aliphatic carbocycles. The smallest absolute Gasteiger partial charge is 0.422 e. The van der Waals surface area contributed by atoms with Crippen LogP contribution in [0.25, 0.3) is 0 Å². The molecule has 27 heavy (non-hydrogen) atoms. The highest BCUT2D eigenvalue weighted by molar-refractivity contribution is 7.18. The van der Waals surface area contributed by atoms with Crippen LogP contribution in [0.5, 0.6) is 5.75 Å². The molecule has 10 heteroatoms. The number of ether oxygens (including phenoxy) is 1. The van der Waals surface area contributed by atoms with Crippen molar-refractivity contribution in [3.63, 3.8) is 0 Å². The van der Waals surface area contributed by atoms with E-state index in [4.69, 9.17) is 16.9 Å². The third-order valence-electron chi connectivity index (χ3n) is 3.20. The van der Waals surface area contributed by atoms with Gasteiger partial charge < -0.3 is 10.1 Å². The van der Waals surface area contributed by atoms with E-state index in [1.165, 1.54) is 18.2 Å². The Kier molecular flexibility index (Phi) is 6.82. The second-order valence-corrected chi connectivity index (χ2v) is 7.02. The fourth-order valence-electron chi connectivity index (χ4n) is 2.02. The highest BCUT2D eigenvalue weighted by atomic mass is 35.5. The number of hydrogen-bond donors (Lipinski definition) is 1. The molecule has 2 rings (SSSR count). The summed E-state index contributed by atoms with van der Waals surface area (Å²) in [6.07, 6.45) is -4.65. The Hall–Kier alpha value is -2.57. The van der Waals surface area contributed by atoms with Crippen LogP contribution in [0.3, 0.4) is 0 Å². The van der Waals surface area contributed by atoms with Crippen molar-refractivity contribution in [2.24, 2.45) is 0 Å². The van der Waals surface area contributed by atoms with Crippen molar-refractivity contribution >= 4 is 40.3 Å². The summed E-state index contributed by atoms with van der Waals surface area (Å²) in [4.78, 5) is 24.3. The predicted octanol–water partition coefficient (Wildman–Crippen LogP) is 4.82. The first-order valence-corrected chi connectivity index (χ1v) is 8.69. The van der Waals surface area contributed by atoms with E-state index in [0.717, 1.165) is 11.3 Å². The largest absolute Gasteiger partial charge is 0.483 e. The summed E-state index contributed by atoms with van der Waals surface area (Å²) in [5.41, 5.74) is 0.0591. The number of hydrogen-bond acceptors (Lipinski definition) is 5. The summed E-state index contributed by atoms with van der Waals surface area (Å²) in [7, 11) is 0. The Morgan fingerprint density at radius 3 is 2.56 bits per heavy atom. The number of benzene rings is 1. The molecule has 0 aliphatic rings. The van der Waals surface area contributed by atoms with Gasteiger partial charge in [0.05, 0.1) is 14.8 Å². The van der Waals surface area contributed by atoms with Gasteiger partial charge in [-0.05, 0) is 30.3 Å². The Morgan fingerprint density at radius 1 is 1.22 bits per heavy atom. The van der Waals surface area contributed by atoms with Crippen molar-refractivity contribution in [1.29, 1.82) is 5.26 Å². The van der Waals surface area contributed by atoms with Crippen molar-refractivity contribution in [3.8, 4) is 11.8 Å². The lowest BCUT2D eigenvalue weighted by molar-refractivity contribution is -0.153. The molecule has 5 nitrogen and oxygen atoms in total. The highest BCUT2D eigenvalue weighted by Gasteiger charge is 2.28. The lowest BCUT2D eigenvalue weighted by Crippen LogP contribution is -2.19. The van der Waals surface area contributed by atoms with Crippen LogP contribution < -0.4 is 10.1 Å². The van der Waals surface area contributed by atoms with Gasteiger partial charge in [-0.1, -0.05) is 11.6 Å². The summed E-state index contributed by atoms with van der Waals surface area (Å²) in [5.74, 6) is -0.938. The van der Waals surface area contributed by atoms with Crippen molar-refractivity contribution in [1.82, 2.24) is 0 Å². The SMILES string of the molecule is N#Cc1cc(NC(=O)CCC(=O)c2ccc(Cl)s2)ccc1OCC(F)(F)F. The number of nitrogens with zero attached hydrogens (tertiary/aromatic N) is 1. The number of carbonyl (C=O) groups excluding carboxylic acids is 2. The third kappa shape index (κ3) is 6.58. The maximum absolute atomic E-state index is 12.2. The number of carbonyl (C=O) groups is 2. The molecule has 0 saturated heterocycles. The molecule has 0 fully saturated rings. The number of rotatable bonds is 7. The Bertz CT molecular complexity index is 890. The van der Waals surface area contributed by atoms with Crippen molar-refractivity contribution in [2.45, 2.75) is 19.0 Å². The molecule has 0 radical (unpaired) electrons. The molecule has 0 unspecified atom stereocenters. The van der Waals surface area contributed by atoms with Crippen LogP contribution in [0.2, 0.25) is 4.34 Å². The average molecular weight is 417 g/mol. The lowest BCUT2D eigenvalue weighted by Gasteiger charge is -2.11. The fraction of sp³-hybridized carbons (Fsp3) is 0.235. The number of nitriles is 1. The van der Waals surface area contributed by atoms with Gasteiger partial charge >= 0.3 is 6.18 Å². The van der Waals surface area contributed by atoms with Gasteiger partial charge in [0, 0.05) is 18.5 Å². The average Bonchev–Trinajstić information content (AvgIpc) is 3.04. The van der Waals surface area contributed by atoms with E-state index in [1.54, 1.807) is 18.2 Å². The number of Topliss-reactive ketones (excluding diaryl/α,β-unsaturated/α-hetero) is 1. The van der Waals surface area contributed by atoms with Crippen molar-refractivity contribution in [3.05, 3.63) is 45.1 Å². The van der Waals surface area contributed by atoms with E-state index in [2.05, 4.69) is 10.1 Å². The molecule has 0 atom stereocenters. The van der Waals surface area contributed by atoms with Gasteiger partial charge in [-0.2, -0.15) is 18.4 Å². The maximum Gasteiger partial charge on any atom is 0.422 e. The van der Waals surface area contributed by atoms with Crippen molar-refractivity contribution < 1.29 is 27.5 Å². The minimum atomic E-state index is -4.53. The molecule has 1 N–H and O–H groups in total. The molecule has 1 aromatic carbocycles.